The van der Waals surface area contributed by atoms with E-state index < -0.39 is 80.0 Å². The van der Waals surface area contributed by atoms with Crippen molar-refractivity contribution in [3.8, 4) is 0 Å². The molecular weight excluding hydrogens is 428 g/mol. The van der Waals surface area contributed by atoms with Crippen molar-refractivity contribution in [3.05, 3.63) is 0 Å². The van der Waals surface area contributed by atoms with E-state index in [0.29, 0.717) is 25.7 Å². The lowest BCUT2D eigenvalue weighted by Crippen LogP contribution is -2.62. The number of hydrogen-bond acceptors (Lipinski definition) is 11. The van der Waals surface area contributed by atoms with Crippen LogP contribution in [-0.2, 0) is 14.2 Å². The topological polar surface area (TPSA) is 190 Å². The first-order chi connectivity index (χ1) is 15.2. The molecule has 0 aromatic rings. The lowest BCUT2D eigenvalue weighted by molar-refractivity contribution is -0.333. The Morgan fingerprint density at radius 1 is 0.719 bits per heavy atom. The summed E-state index contributed by atoms with van der Waals surface area (Å²) in [6.07, 6.45) is -9.82. The van der Waals surface area contributed by atoms with Crippen LogP contribution in [0.3, 0.4) is 0 Å². The van der Waals surface area contributed by atoms with Gasteiger partial charge in [-0.3, -0.25) is 0 Å². The van der Waals surface area contributed by atoms with Gasteiger partial charge in [-0.15, -0.1) is 0 Å². The summed E-state index contributed by atoms with van der Waals surface area (Å²) in [5.41, 5.74) is 0. The van der Waals surface area contributed by atoms with Gasteiger partial charge < -0.3 is 55.1 Å². The molecule has 14 atom stereocenters. The minimum atomic E-state index is -1.58. The van der Waals surface area contributed by atoms with Gasteiger partial charge in [0, 0.05) is 5.92 Å². The van der Waals surface area contributed by atoms with Gasteiger partial charge in [-0.1, -0.05) is 0 Å². The Labute approximate surface area is 186 Å². The maximum Gasteiger partial charge on any atom is 0.187 e. The minimum absolute atomic E-state index is 0.180. The normalized spacial score (nSPS) is 54.8. The van der Waals surface area contributed by atoms with Crippen LogP contribution in [0, 0.1) is 11.8 Å². The van der Waals surface area contributed by atoms with Crippen LogP contribution >= 0.6 is 0 Å². The number of ether oxygens (including phenoxy) is 3. The molecule has 0 radical (unpaired) electrons. The van der Waals surface area contributed by atoms with Crippen molar-refractivity contribution in [1.82, 2.24) is 0 Å². The van der Waals surface area contributed by atoms with Crippen LogP contribution in [0.15, 0.2) is 0 Å². The van der Waals surface area contributed by atoms with Gasteiger partial charge in [0.15, 0.2) is 6.29 Å². The van der Waals surface area contributed by atoms with Gasteiger partial charge in [-0.2, -0.15) is 0 Å². The van der Waals surface area contributed by atoms with Crippen molar-refractivity contribution in [3.63, 3.8) is 0 Å². The molecule has 9 unspecified atom stereocenters. The molecule has 4 fully saturated rings. The summed E-state index contributed by atoms with van der Waals surface area (Å²) in [7, 11) is 0. The van der Waals surface area contributed by atoms with Gasteiger partial charge in [0.25, 0.3) is 0 Å². The van der Waals surface area contributed by atoms with Gasteiger partial charge in [-0.25, -0.2) is 0 Å². The molecule has 2 aliphatic heterocycles. The molecule has 11 heteroatoms. The number of aliphatic hydroxyl groups is 8. The molecule has 186 valence electrons. The fourth-order valence-electron chi connectivity index (χ4n) is 5.76. The monoisotopic (exact) mass is 464 g/mol. The van der Waals surface area contributed by atoms with E-state index >= 15 is 0 Å². The fourth-order valence-corrected chi connectivity index (χ4v) is 5.76. The Morgan fingerprint density at radius 2 is 1.47 bits per heavy atom. The molecule has 0 bridgehead atoms. The van der Waals surface area contributed by atoms with Crippen molar-refractivity contribution in [2.45, 2.75) is 112 Å². The van der Waals surface area contributed by atoms with E-state index in [-0.39, 0.29) is 24.7 Å². The molecule has 2 saturated heterocycles. The highest BCUT2D eigenvalue weighted by Gasteiger charge is 2.51. The second kappa shape index (κ2) is 10.0. The number of fused-ring (bicyclic) bond motifs is 1. The van der Waals surface area contributed by atoms with E-state index in [1.54, 1.807) is 0 Å². The molecule has 2 aliphatic carbocycles. The van der Waals surface area contributed by atoms with Gasteiger partial charge in [-0.05, 0) is 44.4 Å². The SMILES string of the molecule is OC[C@@H]1O[C@@H](OC2CC3C(O)CC(O)CC3OC2C2CCC(O)C(O)C2)[C@@H](O)[C@H](O)[C@H]1O. The second-order valence-corrected chi connectivity index (χ2v) is 9.81. The number of hydrogen-bond donors (Lipinski definition) is 8. The largest absolute Gasteiger partial charge is 0.394 e. The average molecular weight is 465 g/mol. The van der Waals surface area contributed by atoms with Gasteiger partial charge in [0.05, 0.1) is 49.3 Å². The quantitative estimate of drug-likeness (QED) is 0.211. The first-order valence-corrected chi connectivity index (χ1v) is 11.5. The van der Waals surface area contributed by atoms with Crippen LogP contribution in [0.5, 0.6) is 0 Å². The smallest absolute Gasteiger partial charge is 0.187 e. The summed E-state index contributed by atoms with van der Waals surface area (Å²) in [5.74, 6) is -0.496. The molecule has 32 heavy (non-hydrogen) atoms. The summed E-state index contributed by atoms with van der Waals surface area (Å²) >= 11 is 0. The predicted molar refractivity (Wildman–Crippen MR) is 106 cm³/mol. The van der Waals surface area contributed by atoms with Crippen molar-refractivity contribution in [1.29, 1.82) is 0 Å². The molecule has 0 aromatic heterocycles. The van der Waals surface area contributed by atoms with Crippen molar-refractivity contribution < 1.29 is 55.1 Å². The van der Waals surface area contributed by atoms with E-state index in [4.69, 9.17) is 14.2 Å². The first-order valence-electron chi connectivity index (χ1n) is 11.5. The fraction of sp³-hybridized carbons (Fsp3) is 1.00. The number of aliphatic hydroxyl groups excluding tert-OH is 8. The molecule has 2 heterocycles. The van der Waals surface area contributed by atoms with Crippen molar-refractivity contribution >= 4 is 0 Å². The molecule has 0 spiro atoms. The van der Waals surface area contributed by atoms with Crippen LogP contribution in [0.2, 0.25) is 0 Å². The Balaban J connectivity index is 1.54. The van der Waals surface area contributed by atoms with Gasteiger partial charge in [0.2, 0.25) is 0 Å². The zero-order chi connectivity index (χ0) is 23.2. The molecule has 4 aliphatic rings. The van der Waals surface area contributed by atoms with E-state index in [2.05, 4.69) is 0 Å². The summed E-state index contributed by atoms with van der Waals surface area (Å²) in [5, 5.41) is 80.7. The van der Waals surface area contributed by atoms with Crippen LogP contribution < -0.4 is 0 Å². The average Bonchev–Trinajstić information content (AvgIpc) is 2.76. The summed E-state index contributed by atoms with van der Waals surface area (Å²) in [6, 6.07) is 0. The third-order valence-corrected chi connectivity index (χ3v) is 7.64. The molecule has 8 N–H and O–H groups in total. The highest BCUT2D eigenvalue weighted by Crippen LogP contribution is 2.43. The zero-order valence-electron chi connectivity index (χ0n) is 17.8. The Bertz CT molecular complexity index is 621. The molecule has 2 saturated carbocycles. The van der Waals surface area contributed by atoms with E-state index in [0.717, 1.165) is 0 Å². The first kappa shape index (κ1) is 24.7. The van der Waals surface area contributed by atoms with Crippen LogP contribution in [0.25, 0.3) is 0 Å². The summed E-state index contributed by atoms with van der Waals surface area (Å²) in [4.78, 5) is 0. The highest BCUT2D eigenvalue weighted by molar-refractivity contribution is 4.99. The maximum absolute atomic E-state index is 10.5. The Morgan fingerprint density at radius 3 is 2.16 bits per heavy atom. The maximum atomic E-state index is 10.5. The van der Waals surface area contributed by atoms with Crippen molar-refractivity contribution in [2.75, 3.05) is 6.61 Å². The molecular formula is C21H36O11. The standard InChI is InChI=1S/C21H36O11/c22-7-16-17(27)18(28)19(29)21(32-16)31-15-6-10-12(25)4-9(23)5-14(10)30-20(15)8-1-2-11(24)13(26)3-8/h8-29H,1-7H2/t8?,9?,10?,11?,12?,13?,14?,15?,16-,17-,18+,19-,20?,21+/m0/s1. The summed E-state index contributed by atoms with van der Waals surface area (Å²) < 4.78 is 17.9. The predicted octanol–water partition coefficient (Wildman–Crippen LogP) is -3.02. The van der Waals surface area contributed by atoms with E-state index in [9.17, 15) is 40.9 Å². The van der Waals surface area contributed by atoms with Crippen molar-refractivity contribution in [2.24, 2.45) is 11.8 Å². The van der Waals surface area contributed by atoms with Crippen LogP contribution in [-0.4, -0.2) is 121 Å². The van der Waals surface area contributed by atoms with Crippen LogP contribution in [0.4, 0.5) is 0 Å². The highest BCUT2D eigenvalue weighted by atomic mass is 16.7. The van der Waals surface area contributed by atoms with E-state index in [1.165, 1.54) is 0 Å². The van der Waals surface area contributed by atoms with Gasteiger partial charge in [0.1, 0.15) is 24.4 Å². The Kier molecular flexibility index (Phi) is 7.75. The van der Waals surface area contributed by atoms with E-state index in [1.807, 2.05) is 0 Å². The minimum Gasteiger partial charge on any atom is -0.394 e. The molecule has 0 amide bonds. The third-order valence-electron chi connectivity index (χ3n) is 7.64. The third kappa shape index (κ3) is 4.84. The Hall–Kier alpha value is -0.440. The molecule has 4 rings (SSSR count). The van der Waals surface area contributed by atoms with Crippen LogP contribution in [0.1, 0.15) is 38.5 Å². The molecule has 11 nitrogen and oxygen atoms in total. The van der Waals surface area contributed by atoms with Gasteiger partial charge >= 0.3 is 0 Å². The zero-order valence-corrected chi connectivity index (χ0v) is 17.8. The second-order valence-electron chi connectivity index (χ2n) is 9.81. The molecule has 0 aromatic carbocycles. The number of rotatable bonds is 4. The summed E-state index contributed by atoms with van der Waals surface area (Å²) in [6.45, 7) is -0.580. The lowest BCUT2D eigenvalue weighted by Gasteiger charge is -2.51. The lowest BCUT2D eigenvalue weighted by atomic mass is 9.72.